The Morgan fingerprint density at radius 2 is 2.09 bits per heavy atom. The number of β-amino-alcohol motifs (C(OH)–C–C–N with tert-alkyl or cyclic N) is 1. The molecule has 1 fully saturated rings. The Kier molecular flexibility index (Phi) is 4.47. The first-order valence-corrected chi connectivity index (χ1v) is 7.13. The van der Waals surface area contributed by atoms with Gasteiger partial charge in [0.15, 0.2) is 0 Å². The minimum absolute atomic E-state index is 0.0763. The van der Waals surface area contributed by atoms with E-state index in [4.69, 9.17) is 0 Å². The first-order valence-electron chi connectivity index (χ1n) is 7.13. The summed E-state index contributed by atoms with van der Waals surface area (Å²) in [5.41, 5.74) is -1.93. The van der Waals surface area contributed by atoms with Crippen LogP contribution in [0.1, 0.15) is 37.9 Å². The van der Waals surface area contributed by atoms with Gasteiger partial charge < -0.3 is 10.0 Å². The Morgan fingerprint density at radius 3 is 2.68 bits per heavy atom. The number of pyridine rings is 1. The predicted molar refractivity (Wildman–Crippen MR) is 74.1 cm³/mol. The molecular formula is C15H19F3N2O2. The standard InChI is InChI=1S/C15H19F3N2O2/c1-14(2,13(22)20-7-3-4-11(21)9-20)12-8-10(5-6-19-12)15(16,17)18/h5-6,8,11,21H,3-4,7,9H2,1-2H3. The van der Waals surface area contributed by atoms with Gasteiger partial charge in [-0.3, -0.25) is 9.78 Å². The number of carbonyl (C=O) groups excluding carboxylic acids is 1. The number of halogens is 3. The highest BCUT2D eigenvalue weighted by molar-refractivity contribution is 5.87. The maximum Gasteiger partial charge on any atom is 0.416 e. The molecule has 7 heteroatoms. The van der Waals surface area contributed by atoms with Crippen LogP contribution >= 0.6 is 0 Å². The van der Waals surface area contributed by atoms with E-state index in [0.717, 1.165) is 18.3 Å². The van der Waals surface area contributed by atoms with Gasteiger partial charge in [-0.15, -0.1) is 0 Å². The number of nitrogens with zero attached hydrogens (tertiary/aromatic N) is 2. The lowest BCUT2D eigenvalue weighted by molar-refractivity contribution is -0.140. The average molecular weight is 316 g/mol. The van der Waals surface area contributed by atoms with Crippen molar-refractivity contribution >= 4 is 5.91 Å². The first kappa shape index (κ1) is 16.7. The Morgan fingerprint density at radius 1 is 1.41 bits per heavy atom. The minimum atomic E-state index is -4.47. The summed E-state index contributed by atoms with van der Waals surface area (Å²) in [5.74, 6) is -0.321. The molecule has 1 N–H and O–H groups in total. The van der Waals surface area contributed by atoms with E-state index in [0.29, 0.717) is 19.4 Å². The van der Waals surface area contributed by atoms with Crippen molar-refractivity contribution in [1.82, 2.24) is 9.88 Å². The van der Waals surface area contributed by atoms with Crippen LogP contribution in [0.5, 0.6) is 0 Å². The van der Waals surface area contributed by atoms with Gasteiger partial charge in [0.05, 0.1) is 22.8 Å². The normalized spacial score (nSPS) is 20.1. The lowest BCUT2D eigenvalue weighted by Crippen LogP contribution is -2.49. The van der Waals surface area contributed by atoms with Crippen molar-refractivity contribution in [3.8, 4) is 0 Å². The molecule has 1 aliphatic heterocycles. The molecular weight excluding hydrogens is 297 g/mol. The summed E-state index contributed by atoms with van der Waals surface area (Å²) in [7, 11) is 0. The quantitative estimate of drug-likeness (QED) is 0.911. The fourth-order valence-electron chi connectivity index (χ4n) is 2.59. The number of hydrogen-bond donors (Lipinski definition) is 1. The zero-order chi connectivity index (χ0) is 16.5. The van der Waals surface area contributed by atoms with Gasteiger partial charge in [-0.05, 0) is 38.8 Å². The van der Waals surface area contributed by atoms with Gasteiger partial charge in [0, 0.05) is 19.3 Å². The van der Waals surface area contributed by atoms with E-state index in [2.05, 4.69) is 4.98 Å². The first-order chi connectivity index (χ1) is 10.1. The number of alkyl halides is 3. The van der Waals surface area contributed by atoms with Crippen LogP contribution in [0.3, 0.4) is 0 Å². The van der Waals surface area contributed by atoms with Crippen molar-refractivity contribution in [2.45, 2.75) is 44.4 Å². The number of hydrogen-bond acceptors (Lipinski definition) is 3. The van der Waals surface area contributed by atoms with E-state index in [-0.39, 0.29) is 18.1 Å². The van der Waals surface area contributed by atoms with Crippen LogP contribution in [0.15, 0.2) is 18.3 Å². The molecule has 1 aliphatic rings. The number of carbonyl (C=O) groups is 1. The molecule has 1 atom stereocenters. The van der Waals surface area contributed by atoms with E-state index < -0.39 is 23.3 Å². The second-order valence-electron chi connectivity index (χ2n) is 6.10. The number of aromatic nitrogens is 1. The van der Waals surface area contributed by atoms with Gasteiger partial charge in [0.25, 0.3) is 0 Å². The average Bonchev–Trinajstić information content (AvgIpc) is 2.45. The summed E-state index contributed by atoms with van der Waals surface area (Å²) in [5, 5.41) is 9.66. The van der Waals surface area contributed by atoms with E-state index in [9.17, 15) is 23.1 Å². The highest BCUT2D eigenvalue weighted by Crippen LogP contribution is 2.32. The minimum Gasteiger partial charge on any atom is -0.391 e. The fourth-order valence-corrected chi connectivity index (χ4v) is 2.59. The van der Waals surface area contributed by atoms with Gasteiger partial charge in [-0.2, -0.15) is 13.2 Å². The van der Waals surface area contributed by atoms with Crippen LogP contribution in [0.4, 0.5) is 13.2 Å². The van der Waals surface area contributed by atoms with Crippen LogP contribution in [0.25, 0.3) is 0 Å². The highest BCUT2D eigenvalue weighted by Gasteiger charge is 2.39. The molecule has 1 unspecified atom stereocenters. The summed E-state index contributed by atoms with van der Waals surface area (Å²) in [4.78, 5) is 18.1. The van der Waals surface area contributed by atoms with E-state index in [1.165, 1.54) is 4.90 Å². The van der Waals surface area contributed by atoms with Gasteiger partial charge in [-0.1, -0.05) is 0 Å². The molecule has 0 aromatic carbocycles. The maximum atomic E-state index is 12.8. The highest BCUT2D eigenvalue weighted by atomic mass is 19.4. The molecule has 1 saturated heterocycles. The number of likely N-dealkylation sites (tertiary alicyclic amines) is 1. The third-order valence-electron chi connectivity index (χ3n) is 3.95. The number of aliphatic hydroxyl groups is 1. The Hall–Kier alpha value is -1.63. The third-order valence-corrected chi connectivity index (χ3v) is 3.95. The molecule has 22 heavy (non-hydrogen) atoms. The second-order valence-corrected chi connectivity index (χ2v) is 6.10. The SMILES string of the molecule is CC(C)(C(=O)N1CCCC(O)C1)c1cc(C(F)(F)F)ccn1. The lowest BCUT2D eigenvalue weighted by atomic mass is 9.85. The molecule has 4 nitrogen and oxygen atoms in total. The number of aliphatic hydroxyl groups excluding tert-OH is 1. The second kappa shape index (κ2) is 5.87. The van der Waals surface area contributed by atoms with Crippen molar-refractivity contribution in [2.24, 2.45) is 0 Å². The van der Waals surface area contributed by atoms with Crippen LogP contribution in [0, 0.1) is 0 Å². The van der Waals surface area contributed by atoms with E-state index in [1.807, 2.05) is 0 Å². The monoisotopic (exact) mass is 316 g/mol. The maximum absolute atomic E-state index is 12.8. The summed E-state index contributed by atoms with van der Waals surface area (Å²) < 4.78 is 38.4. The number of rotatable bonds is 2. The Labute approximate surface area is 127 Å². The van der Waals surface area contributed by atoms with Crippen LogP contribution in [-0.2, 0) is 16.4 Å². The molecule has 122 valence electrons. The van der Waals surface area contributed by atoms with Crippen molar-refractivity contribution in [3.63, 3.8) is 0 Å². The number of amides is 1. The number of piperidine rings is 1. The molecule has 0 radical (unpaired) electrons. The van der Waals surface area contributed by atoms with Crippen molar-refractivity contribution in [2.75, 3.05) is 13.1 Å². The lowest BCUT2D eigenvalue weighted by Gasteiger charge is -2.36. The molecule has 2 rings (SSSR count). The van der Waals surface area contributed by atoms with Crippen molar-refractivity contribution in [1.29, 1.82) is 0 Å². The largest absolute Gasteiger partial charge is 0.416 e. The summed E-state index contributed by atoms with van der Waals surface area (Å²) in [6.45, 7) is 3.82. The Bertz CT molecular complexity index is 558. The van der Waals surface area contributed by atoms with Gasteiger partial charge >= 0.3 is 6.18 Å². The molecule has 0 bridgehead atoms. The zero-order valence-corrected chi connectivity index (χ0v) is 12.5. The molecule has 2 heterocycles. The summed E-state index contributed by atoms with van der Waals surface area (Å²) in [6.07, 6.45) is -2.68. The predicted octanol–water partition coefficient (Wildman–Crippen LogP) is 2.36. The van der Waals surface area contributed by atoms with Crippen LogP contribution in [-0.4, -0.2) is 40.1 Å². The van der Waals surface area contributed by atoms with E-state index >= 15 is 0 Å². The fraction of sp³-hybridized carbons (Fsp3) is 0.600. The zero-order valence-electron chi connectivity index (χ0n) is 12.5. The molecule has 0 saturated carbocycles. The van der Waals surface area contributed by atoms with Gasteiger partial charge in [-0.25, -0.2) is 0 Å². The van der Waals surface area contributed by atoms with Crippen LogP contribution < -0.4 is 0 Å². The smallest absolute Gasteiger partial charge is 0.391 e. The molecule has 1 aromatic rings. The Balaban J connectivity index is 2.27. The van der Waals surface area contributed by atoms with Crippen molar-refractivity contribution < 1.29 is 23.1 Å². The van der Waals surface area contributed by atoms with Gasteiger partial charge in [0.2, 0.25) is 5.91 Å². The topological polar surface area (TPSA) is 53.4 Å². The van der Waals surface area contributed by atoms with Crippen molar-refractivity contribution in [3.05, 3.63) is 29.6 Å². The van der Waals surface area contributed by atoms with Gasteiger partial charge in [0.1, 0.15) is 0 Å². The summed E-state index contributed by atoms with van der Waals surface area (Å²) >= 11 is 0. The molecule has 0 aliphatic carbocycles. The molecule has 0 spiro atoms. The van der Waals surface area contributed by atoms with E-state index in [1.54, 1.807) is 13.8 Å². The van der Waals surface area contributed by atoms with Crippen LogP contribution in [0.2, 0.25) is 0 Å². The molecule has 1 amide bonds. The third kappa shape index (κ3) is 3.40. The summed E-state index contributed by atoms with van der Waals surface area (Å²) in [6, 6.07) is 1.80. The molecule has 1 aromatic heterocycles.